The van der Waals surface area contributed by atoms with E-state index in [1.54, 1.807) is 24.3 Å². The van der Waals surface area contributed by atoms with Gasteiger partial charge in [0.1, 0.15) is 11.5 Å². The summed E-state index contributed by atoms with van der Waals surface area (Å²) < 4.78 is 10.4. The number of aromatic nitrogens is 1. The molecule has 1 heterocycles. The Morgan fingerprint density at radius 3 is 2.41 bits per heavy atom. The van der Waals surface area contributed by atoms with Crippen LogP contribution in [0.15, 0.2) is 41.2 Å². The highest BCUT2D eigenvalue weighted by Crippen LogP contribution is 2.28. The monoisotopic (exact) mass is 364 g/mol. The van der Waals surface area contributed by atoms with E-state index in [0.29, 0.717) is 22.7 Å². The molecule has 0 radical (unpaired) electrons. The van der Waals surface area contributed by atoms with Crippen LogP contribution in [0, 0.1) is 0 Å². The minimum absolute atomic E-state index is 0.0315. The maximum atomic E-state index is 12.6. The maximum Gasteiger partial charge on any atom is 0.255 e. The van der Waals surface area contributed by atoms with E-state index < -0.39 is 0 Å². The fraction of sp³-hybridized carbons (Fsp3) is 0.238. The Bertz CT molecular complexity index is 1080. The number of hydrogen-bond acceptors (Lipinski definition) is 4. The number of carbonyl (C=O) groups excluding carboxylic acids is 1. The predicted octanol–water partition coefficient (Wildman–Crippen LogP) is 3.29. The van der Waals surface area contributed by atoms with Crippen LogP contribution in [0.3, 0.4) is 0 Å². The number of aryl methyl sites for hydroxylation is 1. The summed E-state index contributed by atoms with van der Waals surface area (Å²) in [5.41, 5.74) is 3.77. The number of fused-ring (bicyclic) bond motifs is 3. The van der Waals surface area contributed by atoms with Crippen molar-refractivity contribution in [1.82, 2.24) is 4.98 Å². The van der Waals surface area contributed by atoms with Crippen LogP contribution in [-0.2, 0) is 12.8 Å². The first-order chi connectivity index (χ1) is 13.1. The lowest BCUT2D eigenvalue weighted by Crippen LogP contribution is -2.14. The number of anilines is 1. The molecule has 1 amide bonds. The summed E-state index contributed by atoms with van der Waals surface area (Å²) in [6.07, 6.45) is 2.76. The van der Waals surface area contributed by atoms with Gasteiger partial charge < -0.3 is 19.8 Å². The molecule has 6 nitrogen and oxygen atoms in total. The van der Waals surface area contributed by atoms with Crippen molar-refractivity contribution in [3.05, 3.63) is 63.4 Å². The van der Waals surface area contributed by atoms with Crippen molar-refractivity contribution >= 4 is 22.5 Å². The number of methoxy groups -OCH3 is 2. The second-order valence-corrected chi connectivity index (χ2v) is 6.58. The number of carbonyl (C=O) groups is 1. The quantitative estimate of drug-likeness (QED) is 0.744. The molecule has 0 spiro atoms. The molecular formula is C21H20N2O4. The van der Waals surface area contributed by atoms with Crippen LogP contribution in [0.5, 0.6) is 11.5 Å². The van der Waals surface area contributed by atoms with Crippen LogP contribution in [0.1, 0.15) is 27.9 Å². The van der Waals surface area contributed by atoms with Gasteiger partial charge in [-0.1, -0.05) is 6.07 Å². The molecule has 0 atom stereocenters. The molecule has 0 aliphatic heterocycles. The van der Waals surface area contributed by atoms with E-state index >= 15 is 0 Å². The maximum absolute atomic E-state index is 12.6. The van der Waals surface area contributed by atoms with Gasteiger partial charge in [-0.15, -0.1) is 0 Å². The SMILES string of the molecule is COc1cc(OC)cc(C(=O)Nc2ccc3c4c(c(=O)[nH]c3c2)CCC4)c1. The van der Waals surface area contributed by atoms with E-state index in [-0.39, 0.29) is 11.5 Å². The van der Waals surface area contributed by atoms with Crippen LogP contribution < -0.4 is 20.3 Å². The Balaban J connectivity index is 1.67. The Morgan fingerprint density at radius 2 is 1.70 bits per heavy atom. The van der Waals surface area contributed by atoms with Crippen LogP contribution in [-0.4, -0.2) is 25.1 Å². The highest BCUT2D eigenvalue weighted by Gasteiger charge is 2.18. The molecule has 1 aliphatic rings. The molecular weight excluding hydrogens is 344 g/mol. The molecule has 4 rings (SSSR count). The van der Waals surface area contributed by atoms with Crippen LogP contribution in [0.2, 0.25) is 0 Å². The van der Waals surface area contributed by atoms with E-state index in [1.165, 1.54) is 14.2 Å². The summed E-state index contributed by atoms with van der Waals surface area (Å²) in [4.78, 5) is 27.8. The second-order valence-electron chi connectivity index (χ2n) is 6.58. The summed E-state index contributed by atoms with van der Waals surface area (Å²) >= 11 is 0. The normalized spacial score (nSPS) is 12.7. The minimum atomic E-state index is -0.282. The fourth-order valence-corrected chi connectivity index (χ4v) is 3.62. The molecule has 0 saturated carbocycles. The number of pyridine rings is 1. The molecule has 2 aromatic carbocycles. The predicted molar refractivity (Wildman–Crippen MR) is 104 cm³/mol. The van der Waals surface area contributed by atoms with Crippen molar-refractivity contribution in [3.8, 4) is 11.5 Å². The molecule has 27 heavy (non-hydrogen) atoms. The first-order valence-corrected chi connectivity index (χ1v) is 8.81. The zero-order valence-electron chi connectivity index (χ0n) is 15.2. The number of nitrogens with one attached hydrogen (secondary N) is 2. The van der Waals surface area contributed by atoms with Crippen LogP contribution >= 0.6 is 0 Å². The van der Waals surface area contributed by atoms with Crippen LogP contribution in [0.25, 0.3) is 10.9 Å². The smallest absolute Gasteiger partial charge is 0.255 e. The van der Waals surface area contributed by atoms with Crippen molar-refractivity contribution < 1.29 is 14.3 Å². The third kappa shape index (κ3) is 3.14. The highest BCUT2D eigenvalue weighted by molar-refractivity contribution is 6.05. The summed E-state index contributed by atoms with van der Waals surface area (Å²) in [5.74, 6) is 0.797. The van der Waals surface area contributed by atoms with E-state index in [4.69, 9.17) is 9.47 Å². The number of aromatic amines is 1. The average Bonchev–Trinajstić information content (AvgIpc) is 3.18. The van der Waals surface area contributed by atoms with Crippen molar-refractivity contribution in [2.75, 3.05) is 19.5 Å². The molecule has 0 bridgehead atoms. The van der Waals surface area contributed by atoms with Crippen molar-refractivity contribution in [1.29, 1.82) is 0 Å². The second kappa shape index (κ2) is 6.79. The zero-order chi connectivity index (χ0) is 19.0. The number of hydrogen-bond donors (Lipinski definition) is 2. The lowest BCUT2D eigenvalue weighted by molar-refractivity contribution is 0.102. The van der Waals surface area contributed by atoms with Gasteiger partial charge in [0.25, 0.3) is 11.5 Å². The Kier molecular flexibility index (Phi) is 4.32. The topological polar surface area (TPSA) is 80.4 Å². The van der Waals surface area contributed by atoms with Gasteiger partial charge >= 0.3 is 0 Å². The van der Waals surface area contributed by atoms with Crippen LogP contribution in [0.4, 0.5) is 5.69 Å². The lowest BCUT2D eigenvalue weighted by Gasteiger charge is -2.11. The van der Waals surface area contributed by atoms with Gasteiger partial charge in [0.05, 0.1) is 19.7 Å². The summed E-state index contributed by atoms with van der Waals surface area (Å²) in [6, 6.07) is 10.6. The molecule has 2 N–H and O–H groups in total. The Labute approximate surface area is 156 Å². The van der Waals surface area contributed by atoms with E-state index in [9.17, 15) is 9.59 Å². The zero-order valence-corrected chi connectivity index (χ0v) is 15.2. The van der Waals surface area contributed by atoms with Crippen molar-refractivity contribution in [2.24, 2.45) is 0 Å². The fourth-order valence-electron chi connectivity index (χ4n) is 3.62. The van der Waals surface area contributed by atoms with Gasteiger partial charge in [0.15, 0.2) is 0 Å². The molecule has 0 saturated heterocycles. The third-order valence-electron chi connectivity index (χ3n) is 4.96. The standard InChI is InChI=1S/C21H20N2O4/c1-26-14-8-12(9-15(11-14)27-2)20(24)22-13-6-7-17-16-4-3-5-18(16)21(25)23-19(17)10-13/h6-11H,3-5H2,1-2H3,(H,22,24)(H,23,25). The number of amides is 1. The first kappa shape index (κ1) is 17.1. The molecule has 1 aliphatic carbocycles. The van der Waals surface area contributed by atoms with Crippen molar-refractivity contribution in [2.45, 2.75) is 19.3 Å². The van der Waals surface area contributed by atoms with Crippen molar-refractivity contribution in [3.63, 3.8) is 0 Å². The highest BCUT2D eigenvalue weighted by atomic mass is 16.5. The van der Waals surface area contributed by atoms with Gasteiger partial charge in [-0.25, -0.2) is 0 Å². The largest absolute Gasteiger partial charge is 0.497 e. The summed E-state index contributed by atoms with van der Waals surface area (Å²) in [7, 11) is 3.07. The summed E-state index contributed by atoms with van der Waals surface area (Å²) in [6.45, 7) is 0. The van der Waals surface area contributed by atoms with Gasteiger partial charge in [-0.3, -0.25) is 9.59 Å². The molecule has 1 aromatic heterocycles. The number of ether oxygens (including phenoxy) is 2. The number of H-pyrrole nitrogens is 1. The first-order valence-electron chi connectivity index (χ1n) is 8.81. The van der Waals surface area contributed by atoms with Gasteiger partial charge in [0.2, 0.25) is 0 Å². The average molecular weight is 364 g/mol. The van der Waals surface area contributed by atoms with E-state index in [1.807, 2.05) is 12.1 Å². The minimum Gasteiger partial charge on any atom is -0.497 e. The number of rotatable bonds is 4. The molecule has 138 valence electrons. The number of benzene rings is 2. The van der Waals surface area contributed by atoms with Gasteiger partial charge in [-0.05, 0) is 49.1 Å². The Morgan fingerprint density at radius 1 is 1.00 bits per heavy atom. The summed E-state index contributed by atoms with van der Waals surface area (Å²) in [5, 5.41) is 3.91. The van der Waals surface area contributed by atoms with Gasteiger partial charge in [-0.2, -0.15) is 0 Å². The molecule has 3 aromatic rings. The molecule has 6 heteroatoms. The van der Waals surface area contributed by atoms with E-state index in [0.717, 1.165) is 41.3 Å². The lowest BCUT2D eigenvalue weighted by atomic mass is 10.1. The Hall–Kier alpha value is -3.28. The molecule has 0 fully saturated rings. The molecule has 0 unspecified atom stereocenters. The third-order valence-corrected chi connectivity index (χ3v) is 4.96. The van der Waals surface area contributed by atoms with E-state index in [2.05, 4.69) is 10.3 Å². The van der Waals surface area contributed by atoms with Gasteiger partial charge in [0, 0.05) is 28.3 Å².